The van der Waals surface area contributed by atoms with Crippen LogP contribution in [0, 0.1) is 6.92 Å². The number of rotatable bonds is 3. The molecule has 0 bridgehead atoms. The Balaban J connectivity index is 2.34. The van der Waals surface area contributed by atoms with Crippen LogP contribution in [0.2, 0.25) is 5.02 Å². The Morgan fingerprint density at radius 1 is 1.17 bits per heavy atom. The van der Waals surface area contributed by atoms with Gasteiger partial charge in [0, 0.05) is 5.02 Å². The quantitative estimate of drug-likeness (QED) is 0.859. The summed E-state index contributed by atoms with van der Waals surface area (Å²) in [7, 11) is 0. The minimum atomic E-state index is 0.322. The standard InChI is InChI=1S/C14H12ClNOS/c1-9-2-7-13(12(8-9)14(16)18)17-11-5-3-10(15)4-6-11/h2-8H,1H3,(H2,16,18). The second-order valence-electron chi connectivity index (χ2n) is 3.92. The first kappa shape index (κ1) is 12.9. The summed E-state index contributed by atoms with van der Waals surface area (Å²) in [6, 6.07) is 12.9. The fourth-order valence-electron chi connectivity index (χ4n) is 1.55. The minimum Gasteiger partial charge on any atom is -0.457 e. The molecule has 0 aliphatic heterocycles. The zero-order valence-corrected chi connectivity index (χ0v) is 11.4. The summed E-state index contributed by atoms with van der Waals surface area (Å²) >= 11 is 10.8. The van der Waals surface area contributed by atoms with Crippen molar-refractivity contribution >= 4 is 28.8 Å². The molecule has 0 heterocycles. The summed E-state index contributed by atoms with van der Waals surface area (Å²) in [5.41, 5.74) is 7.51. The molecule has 0 spiro atoms. The Hall–Kier alpha value is -1.58. The summed E-state index contributed by atoms with van der Waals surface area (Å²) in [5.74, 6) is 1.34. The minimum absolute atomic E-state index is 0.322. The largest absolute Gasteiger partial charge is 0.457 e. The maximum Gasteiger partial charge on any atom is 0.137 e. The number of thiocarbonyl (C=S) groups is 1. The van der Waals surface area contributed by atoms with Crippen molar-refractivity contribution in [1.82, 2.24) is 0 Å². The zero-order valence-electron chi connectivity index (χ0n) is 9.81. The van der Waals surface area contributed by atoms with Gasteiger partial charge in [0.05, 0.1) is 5.56 Å². The summed E-state index contributed by atoms with van der Waals surface area (Å²) in [5, 5.41) is 0.667. The Bertz CT molecular complexity index is 581. The van der Waals surface area contributed by atoms with Crippen LogP contribution in [0.1, 0.15) is 11.1 Å². The Labute approximate surface area is 116 Å². The molecule has 4 heteroatoms. The molecule has 0 saturated carbocycles. The molecular weight excluding hydrogens is 266 g/mol. The first-order valence-corrected chi connectivity index (χ1v) is 6.19. The van der Waals surface area contributed by atoms with Crippen molar-refractivity contribution in [3.8, 4) is 11.5 Å². The van der Waals surface area contributed by atoms with Crippen molar-refractivity contribution in [2.45, 2.75) is 6.92 Å². The Morgan fingerprint density at radius 2 is 1.83 bits per heavy atom. The van der Waals surface area contributed by atoms with Crippen molar-refractivity contribution in [2.24, 2.45) is 5.73 Å². The molecule has 0 aliphatic rings. The fraction of sp³-hybridized carbons (Fsp3) is 0.0714. The molecule has 2 aromatic rings. The van der Waals surface area contributed by atoms with Gasteiger partial charge in [-0.2, -0.15) is 0 Å². The highest BCUT2D eigenvalue weighted by molar-refractivity contribution is 7.80. The predicted octanol–water partition coefficient (Wildman–Crippen LogP) is 4.07. The molecule has 2 N–H and O–H groups in total. The predicted molar refractivity (Wildman–Crippen MR) is 78.6 cm³/mol. The third-order valence-electron chi connectivity index (χ3n) is 2.44. The van der Waals surface area contributed by atoms with Gasteiger partial charge in [0.25, 0.3) is 0 Å². The van der Waals surface area contributed by atoms with Crippen molar-refractivity contribution in [1.29, 1.82) is 0 Å². The van der Waals surface area contributed by atoms with E-state index < -0.39 is 0 Å². The van der Waals surface area contributed by atoms with Crippen LogP contribution in [-0.2, 0) is 0 Å². The molecular formula is C14H12ClNOS. The molecule has 2 aromatic carbocycles. The molecule has 0 amide bonds. The van der Waals surface area contributed by atoms with Crippen LogP contribution in [0.15, 0.2) is 42.5 Å². The summed E-state index contributed by atoms with van der Waals surface area (Å²) in [6.45, 7) is 1.98. The molecule has 0 unspecified atom stereocenters. The summed E-state index contributed by atoms with van der Waals surface area (Å²) in [4.78, 5) is 0.322. The lowest BCUT2D eigenvalue weighted by Gasteiger charge is -2.11. The monoisotopic (exact) mass is 277 g/mol. The van der Waals surface area contributed by atoms with Crippen LogP contribution < -0.4 is 10.5 Å². The highest BCUT2D eigenvalue weighted by Gasteiger charge is 2.07. The molecule has 92 valence electrons. The fourth-order valence-corrected chi connectivity index (χ4v) is 1.84. The van der Waals surface area contributed by atoms with E-state index in [0.29, 0.717) is 21.5 Å². The second-order valence-corrected chi connectivity index (χ2v) is 4.80. The molecule has 0 aromatic heterocycles. The number of aryl methyl sites for hydroxylation is 1. The van der Waals surface area contributed by atoms with E-state index in [1.807, 2.05) is 25.1 Å². The van der Waals surface area contributed by atoms with Crippen LogP contribution in [0.3, 0.4) is 0 Å². The SMILES string of the molecule is Cc1ccc(Oc2ccc(Cl)cc2)c(C(N)=S)c1. The number of ether oxygens (including phenoxy) is 1. The van der Waals surface area contributed by atoms with E-state index in [2.05, 4.69) is 0 Å². The van der Waals surface area contributed by atoms with Crippen molar-refractivity contribution < 1.29 is 4.74 Å². The van der Waals surface area contributed by atoms with Gasteiger partial charge in [0.15, 0.2) is 0 Å². The van der Waals surface area contributed by atoms with Gasteiger partial charge in [0.1, 0.15) is 16.5 Å². The van der Waals surface area contributed by atoms with Crippen LogP contribution in [-0.4, -0.2) is 4.99 Å². The van der Waals surface area contributed by atoms with Gasteiger partial charge in [-0.15, -0.1) is 0 Å². The highest BCUT2D eigenvalue weighted by atomic mass is 35.5. The maximum absolute atomic E-state index is 5.82. The van der Waals surface area contributed by atoms with E-state index in [0.717, 1.165) is 11.1 Å². The van der Waals surface area contributed by atoms with Gasteiger partial charge >= 0.3 is 0 Å². The van der Waals surface area contributed by atoms with Crippen LogP contribution in [0.4, 0.5) is 0 Å². The topological polar surface area (TPSA) is 35.2 Å². The first-order chi connectivity index (χ1) is 8.56. The second kappa shape index (κ2) is 5.38. The number of hydrogen-bond donors (Lipinski definition) is 1. The maximum atomic E-state index is 5.82. The summed E-state index contributed by atoms with van der Waals surface area (Å²) < 4.78 is 5.75. The lowest BCUT2D eigenvalue weighted by Crippen LogP contribution is -2.11. The number of benzene rings is 2. The lowest BCUT2D eigenvalue weighted by atomic mass is 10.1. The zero-order chi connectivity index (χ0) is 13.1. The van der Waals surface area contributed by atoms with E-state index in [-0.39, 0.29) is 0 Å². The van der Waals surface area contributed by atoms with E-state index in [1.54, 1.807) is 24.3 Å². The molecule has 18 heavy (non-hydrogen) atoms. The van der Waals surface area contributed by atoms with Gasteiger partial charge in [-0.25, -0.2) is 0 Å². The van der Waals surface area contributed by atoms with Crippen molar-refractivity contribution in [2.75, 3.05) is 0 Å². The van der Waals surface area contributed by atoms with Crippen LogP contribution in [0.25, 0.3) is 0 Å². The average molecular weight is 278 g/mol. The van der Waals surface area contributed by atoms with E-state index in [1.165, 1.54) is 0 Å². The molecule has 0 aliphatic carbocycles. The van der Waals surface area contributed by atoms with Gasteiger partial charge in [-0.05, 0) is 43.3 Å². The van der Waals surface area contributed by atoms with Gasteiger partial charge < -0.3 is 10.5 Å². The smallest absolute Gasteiger partial charge is 0.137 e. The van der Waals surface area contributed by atoms with Gasteiger partial charge in [-0.3, -0.25) is 0 Å². The third-order valence-corrected chi connectivity index (χ3v) is 2.91. The van der Waals surface area contributed by atoms with Gasteiger partial charge in [-0.1, -0.05) is 35.4 Å². The Morgan fingerprint density at radius 3 is 2.44 bits per heavy atom. The molecule has 2 nitrogen and oxygen atoms in total. The molecule has 2 rings (SSSR count). The Kier molecular flexibility index (Phi) is 3.84. The molecule has 0 atom stereocenters. The third kappa shape index (κ3) is 3.00. The van der Waals surface area contributed by atoms with Crippen LogP contribution in [0.5, 0.6) is 11.5 Å². The number of hydrogen-bond acceptors (Lipinski definition) is 2. The van der Waals surface area contributed by atoms with Crippen molar-refractivity contribution in [3.63, 3.8) is 0 Å². The lowest BCUT2D eigenvalue weighted by molar-refractivity contribution is 0.481. The molecule has 0 fully saturated rings. The molecule has 0 saturated heterocycles. The van der Waals surface area contributed by atoms with Crippen LogP contribution >= 0.6 is 23.8 Å². The number of halogens is 1. The summed E-state index contributed by atoms with van der Waals surface area (Å²) in [6.07, 6.45) is 0. The average Bonchev–Trinajstić information content (AvgIpc) is 2.34. The van der Waals surface area contributed by atoms with Crippen molar-refractivity contribution in [3.05, 3.63) is 58.6 Å². The number of nitrogens with two attached hydrogens (primary N) is 1. The van der Waals surface area contributed by atoms with E-state index >= 15 is 0 Å². The molecule has 0 radical (unpaired) electrons. The highest BCUT2D eigenvalue weighted by Crippen LogP contribution is 2.27. The van der Waals surface area contributed by atoms with E-state index in [4.69, 9.17) is 34.3 Å². The van der Waals surface area contributed by atoms with E-state index in [9.17, 15) is 0 Å². The van der Waals surface area contributed by atoms with Gasteiger partial charge in [0.2, 0.25) is 0 Å². The first-order valence-electron chi connectivity index (χ1n) is 5.40. The normalized spacial score (nSPS) is 10.1.